The number of hydrogen-bond donors (Lipinski definition) is 0. The maximum Gasteiger partial charge on any atom is 0.123 e. The van der Waals surface area contributed by atoms with Crippen LogP contribution in [0.25, 0.3) is 10.8 Å². The summed E-state index contributed by atoms with van der Waals surface area (Å²) >= 11 is 0. The molecule has 0 aliphatic rings. The van der Waals surface area contributed by atoms with Gasteiger partial charge in [0.1, 0.15) is 11.6 Å². The Bertz CT molecular complexity index is 459. The highest BCUT2D eigenvalue weighted by Crippen LogP contribution is 2.23. The van der Waals surface area contributed by atoms with Crippen molar-refractivity contribution in [2.24, 2.45) is 0 Å². The van der Waals surface area contributed by atoms with Crippen molar-refractivity contribution >= 4 is 10.8 Å². The lowest BCUT2D eigenvalue weighted by molar-refractivity contribution is 0.500. The molecule has 0 saturated carbocycles. The zero-order valence-electron chi connectivity index (χ0n) is 9.34. The summed E-state index contributed by atoms with van der Waals surface area (Å²) in [6.45, 7) is 3.81. The van der Waals surface area contributed by atoms with E-state index in [-0.39, 0.29) is 5.82 Å². The maximum absolute atomic E-state index is 13.1. The minimum absolute atomic E-state index is 0.201. The molecule has 0 spiro atoms. The van der Waals surface area contributed by atoms with E-state index in [2.05, 4.69) is 6.92 Å². The van der Waals surface area contributed by atoms with E-state index >= 15 is 0 Å². The van der Waals surface area contributed by atoms with Crippen LogP contribution in [0.15, 0.2) is 28.9 Å². The van der Waals surface area contributed by atoms with Crippen LogP contribution in [0.1, 0.15) is 31.4 Å². The summed E-state index contributed by atoms with van der Waals surface area (Å²) in [5.41, 5.74) is 0. The van der Waals surface area contributed by atoms with Gasteiger partial charge in [-0.1, -0.05) is 26.2 Å². The second-order valence-corrected chi connectivity index (χ2v) is 4.05. The largest absolute Gasteiger partial charge is 0.468 e. The van der Waals surface area contributed by atoms with Gasteiger partial charge in [-0.25, -0.2) is 4.39 Å². The Morgan fingerprint density at radius 2 is 2.06 bits per heavy atom. The Labute approximate surface area is 95.3 Å². The Morgan fingerprint density at radius 3 is 2.88 bits per heavy atom. The Balaban J connectivity index is 2.09. The molecule has 2 heteroatoms. The molecule has 0 unspecified atom stereocenters. The zero-order valence-corrected chi connectivity index (χ0v) is 9.34. The summed E-state index contributed by atoms with van der Waals surface area (Å²) < 4.78 is 18.6. The van der Waals surface area contributed by atoms with Gasteiger partial charge in [-0.2, -0.15) is 0 Å². The standard InChI is InChI=1S/C14H16FO/c1-2-3-4-5-6-14-13-9-12(15)8-7-11(13)10-16-14/h7-10H,1-6H2. The van der Waals surface area contributed by atoms with E-state index in [9.17, 15) is 4.39 Å². The Hall–Kier alpha value is -1.31. The van der Waals surface area contributed by atoms with Crippen LogP contribution < -0.4 is 0 Å². The predicted molar refractivity (Wildman–Crippen MR) is 63.7 cm³/mol. The van der Waals surface area contributed by atoms with E-state index in [1.54, 1.807) is 18.4 Å². The van der Waals surface area contributed by atoms with Crippen LogP contribution >= 0.6 is 0 Å². The van der Waals surface area contributed by atoms with Gasteiger partial charge in [-0.15, -0.1) is 0 Å². The first-order chi connectivity index (χ1) is 7.81. The lowest BCUT2D eigenvalue weighted by atomic mass is 10.1. The van der Waals surface area contributed by atoms with Crippen LogP contribution in [0.5, 0.6) is 0 Å². The molecule has 0 aliphatic heterocycles. The molecule has 2 rings (SSSR count). The van der Waals surface area contributed by atoms with Gasteiger partial charge in [0, 0.05) is 17.2 Å². The van der Waals surface area contributed by atoms with Crippen molar-refractivity contribution in [1.82, 2.24) is 0 Å². The number of rotatable bonds is 5. The van der Waals surface area contributed by atoms with Crippen LogP contribution in [0, 0.1) is 12.7 Å². The average Bonchev–Trinajstić information content (AvgIpc) is 2.67. The fourth-order valence-electron chi connectivity index (χ4n) is 1.90. The van der Waals surface area contributed by atoms with Gasteiger partial charge in [-0.05, 0) is 24.6 Å². The summed E-state index contributed by atoms with van der Waals surface area (Å²) in [4.78, 5) is 0. The fourth-order valence-corrected chi connectivity index (χ4v) is 1.90. The molecule has 0 aliphatic carbocycles. The number of halogens is 1. The molecule has 0 N–H and O–H groups in total. The summed E-state index contributed by atoms with van der Waals surface area (Å²) in [5.74, 6) is 0.700. The molecule has 1 aromatic heterocycles. The topological polar surface area (TPSA) is 13.1 Å². The van der Waals surface area contributed by atoms with Gasteiger partial charge >= 0.3 is 0 Å². The monoisotopic (exact) mass is 219 g/mol. The van der Waals surface area contributed by atoms with E-state index in [1.807, 2.05) is 0 Å². The molecule has 1 heterocycles. The van der Waals surface area contributed by atoms with Gasteiger partial charge in [0.05, 0.1) is 6.26 Å². The number of fused-ring (bicyclic) bond motifs is 1. The number of benzene rings is 1. The number of hydrogen-bond acceptors (Lipinski definition) is 1. The Kier molecular flexibility index (Phi) is 3.60. The van der Waals surface area contributed by atoms with E-state index in [1.165, 1.54) is 6.07 Å². The molecule has 1 radical (unpaired) electrons. The fraction of sp³-hybridized carbons (Fsp3) is 0.357. The number of aryl methyl sites for hydroxylation is 1. The molecule has 0 amide bonds. The first-order valence-corrected chi connectivity index (χ1v) is 5.76. The molecule has 2 aromatic rings. The van der Waals surface area contributed by atoms with Gasteiger partial charge in [0.25, 0.3) is 0 Å². The molecule has 16 heavy (non-hydrogen) atoms. The molecular formula is C14H16FO. The first kappa shape index (κ1) is 11.2. The minimum Gasteiger partial charge on any atom is -0.468 e. The van der Waals surface area contributed by atoms with Gasteiger partial charge < -0.3 is 4.42 Å². The van der Waals surface area contributed by atoms with Crippen LogP contribution in [-0.4, -0.2) is 0 Å². The van der Waals surface area contributed by atoms with Gasteiger partial charge in [-0.3, -0.25) is 0 Å². The van der Waals surface area contributed by atoms with Gasteiger partial charge in [0.2, 0.25) is 0 Å². The van der Waals surface area contributed by atoms with Crippen LogP contribution in [0.2, 0.25) is 0 Å². The molecule has 0 atom stereocenters. The van der Waals surface area contributed by atoms with Crippen LogP contribution in [0.4, 0.5) is 4.39 Å². The SMILES string of the molecule is [CH2]CCCCCc1occ2ccc(F)cc12. The van der Waals surface area contributed by atoms with Crippen molar-refractivity contribution in [3.63, 3.8) is 0 Å². The number of unbranched alkanes of at least 4 members (excludes halogenated alkanes) is 3. The molecular weight excluding hydrogens is 203 g/mol. The first-order valence-electron chi connectivity index (χ1n) is 5.76. The highest BCUT2D eigenvalue weighted by molar-refractivity contribution is 5.84. The molecule has 1 nitrogen and oxygen atoms in total. The summed E-state index contributed by atoms with van der Waals surface area (Å²) in [6, 6.07) is 4.77. The van der Waals surface area contributed by atoms with E-state index in [4.69, 9.17) is 4.42 Å². The third-order valence-corrected chi connectivity index (χ3v) is 2.80. The minimum atomic E-state index is -0.201. The lowest BCUT2D eigenvalue weighted by Gasteiger charge is -1.98. The van der Waals surface area contributed by atoms with Crippen molar-refractivity contribution in [2.75, 3.05) is 0 Å². The van der Waals surface area contributed by atoms with Crippen molar-refractivity contribution in [3.8, 4) is 0 Å². The maximum atomic E-state index is 13.1. The molecule has 0 saturated heterocycles. The molecule has 0 bridgehead atoms. The lowest BCUT2D eigenvalue weighted by Crippen LogP contribution is -1.84. The summed E-state index contributed by atoms with van der Waals surface area (Å²) in [5, 5.41) is 1.89. The smallest absolute Gasteiger partial charge is 0.123 e. The van der Waals surface area contributed by atoms with Crippen molar-refractivity contribution in [1.29, 1.82) is 0 Å². The van der Waals surface area contributed by atoms with Gasteiger partial charge in [0.15, 0.2) is 0 Å². The van der Waals surface area contributed by atoms with E-state index in [0.717, 1.165) is 48.6 Å². The Morgan fingerprint density at radius 1 is 1.19 bits per heavy atom. The summed E-state index contributed by atoms with van der Waals surface area (Å²) in [6.07, 6.45) is 6.94. The highest BCUT2D eigenvalue weighted by Gasteiger charge is 2.06. The predicted octanol–water partition coefficient (Wildman–Crippen LogP) is 4.51. The van der Waals surface area contributed by atoms with Crippen molar-refractivity contribution in [2.45, 2.75) is 32.1 Å². The van der Waals surface area contributed by atoms with Crippen molar-refractivity contribution < 1.29 is 8.81 Å². The molecule has 85 valence electrons. The van der Waals surface area contributed by atoms with E-state index in [0.29, 0.717) is 0 Å². The average molecular weight is 219 g/mol. The van der Waals surface area contributed by atoms with Crippen LogP contribution in [-0.2, 0) is 6.42 Å². The quantitative estimate of drug-likeness (QED) is 0.674. The highest BCUT2D eigenvalue weighted by atomic mass is 19.1. The van der Waals surface area contributed by atoms with Crippen molar-refractivity contribution in [3.05, 3.63) is 43.0 Å². The van der Waals surface area contributed by atoms with Crippen LogP contribution in [0.3, 0.4) is 0 Å². The van der Waals surface area contributed by atoms with E-state index < -0.39 is 0 Å². The summed E-state index contributed by atoms with van der Waals surface area (Å²) in [7, 11) is 0. The second kappa shape index (κ2) is 5.15. The zero-order chi connectivity index (χ0) is 11.4. The number of furan rings is 1. The third kappa shape index (κ3) is 2.43. The normalized spacial score (nSPS) is 11.1. The molecule has 0 fully saturated rings. The third-order valence-electron chi connectivity index (χ3n) is 2.80. The second-order valence-electron chi connectivity index (χ2n) is 4.05. The molecule has 1 aromatic carbocycles.